The van der Waals surface area contributed by atoms with E-state index in [9.17, 15) is 0 Å². The predicted octanol–water partition coefficient (Wildman–Crippen LogP) is 8.61. The molecule has 0 radical (unpaired) electrons. The summed E-state index contributed by atoms with van der Waals surface area (Å²) in [5.41, 5.74) is 6.91. The molecule has 0 spiro atoms. The van der Waals surface area contributed by atoms with Crippen molar-refractivity contribution in [2.75, 3.05) is 12.4 Å². The minimum Gasteiger partial charge on any atom is -0.493 e. The number of halogens is 1. The molecule has 0 amide bonds. The van der Waals surface area contributed by atoms with Crippen LogP contribution >= 0.6 is 15.9 Å². The average molecular weight is 566 g/mol. The summed E-state index contributed by atoms with van der Waals surface area (Å²) < 4.78 is 12.6. The maximum absolute atomic E-state index is 6.00. The third-order valence-electron chi connectivity index (χ3n) is 7.38. The van der Waals surface area contributed by atoms with Crippen LogP contribution in [0.15, 0.2) is 113 Å². The van der Waals surface area contributed by atoms with Crippen LogP contribution in [0.4, 0.5) is 11.4 Å². The molecular formula is C33H29BrN2O2. The summed E-state index contributed by atoms with van der Waals surface area (Å²) in [6.45, 7) is 0.475. The van der Waals surface area contributed by atoms with Crippen molar-refractivity contribution in [2.45, 2.75) is 25.0 Å². The number of benzene rings is 4. The van der Waals surface area contributed by atoms with Crippen LogP contribution in [-0.4, -0.2) is 13.3 Å². The van der Waals surface area contributed by atoms with Crippen molar-refractivity contribution < 1.29 is 9.47 Å². The summed E-state index contributed by atoms with van der Waals surface area (Å²) in [6, 6.07) is 31.5. The highest BCUT2D eigenvalue weighted by Crippen LogP contribution is 2.49. The zero-order chi connectivity index (χ0) is 25.9. The Balaban J connectivity index is 1.14. The highest BCUT2D eigenvalue weighted by molar-refractivity contribution is 9.10. The summed E-state index contributed by atoms with van der Waals surface area (Å²) in [6.07, 6.45) is 7.67. The van der Waals surface area contributed by atoms with Crippen LogP contribution in [0.2, 0.25) is 0 Å². The van der Waals surface area contributed by atoms with Crippen molar-refractivity contribution in [1.29, 1.82) is 0 Å². The first kappa shape index (κ1) is 24.5. The first-order chi connectivity index (χ1) is 18.7. The Morgan fingerprint density at radius 2 is 1.76 bits per heavy atom. The second-order valence-electron chi connectivity index (χ2n) is 9.74. The number of aliphatic imine (C=N–C) groups is 1. The van der Waals surface area contributed by atoms with E-state index in [-0.39, 0.29) is 6.04 Å². The number of hydrogen-bond donors (Lipinski definition) is 1. The van der Waals surface area contributed by atoms with Gasteiger partial charge in [-0.25, -0.2) is 0 Å². The largest absolute Gasteiger partial charge is 0.493 e. The fourth-order valence-corrected chi connectivity index (χ4v) is 5.68. The highest BCUT2D eigenvalue weighted by Gasteiger charge is 2.37. The van der Waals surface area contributed by atoms with Crippen molar-refractivity contribution in [3.05, 3.63) is 130 Å². The molecule has 1 heterocycles. The van der Waals surface area contributed by atoms with E-state index in [0.29, 0.717) is 29.9 Å². The van der Waals surface area contributed by atoms with Gasteiger partial charge in [-0.2, -0.15) is 0 Å². The molecule has 1 aliphatic carbocycles. The van der Waals surface area contributed by atoms with E-state index in [0.717, 1.165) is 27.7 Å². The summed E-state index contributed by atoms with van der Waals surface area (Å²) >= 11 is 3.46. The number of ether oxygens (including phenoxy) is 2. The lowest BCUT2D eigenvalue weighted by Gasteiger charge is -2.37. The third-order valence-corrected chi connectivity index (χ3v) is 7.91. The summed E-state index contributed by atoms with van der Waals surface area (Å²) in [7, 11) is 1.66. The van der Waals surface area contributed by atoms with E-state index in [1.807, 2.05) is 48.7 Å². The number of fused-ring (bicyclic) bond motifs is 3. The molecule has 38 heavy (non-hydrogen) atoms. The Bertz CT molecular complexity index is 1480. The van der Waals surface area contributed by atoms with Gasteiger partial charge >= 0.3 is 0 Å². The van der Waals surface area contributed by atoms with Gasteiger partial charge in [0.1, 0.15) is 6.61 Å². The van der Waals surface area contributed by atoms with Crippen molar-refractivity contribution in [3.8, 4) is 11.5 Å². The zero-order valence-electron chi connectivity index (χ0n) is 21.2. The maximum Gasteiger partial charge on any atom is 0.161 e. The van der Waals surface area contributed by atoms with Crippen LogP contribution in [0.3, 0.4) is 0 Å². The van der Waals surface area contributed by atoms with Gasteiger partial charge in [-0.3, -0.25) is 4.99 Å². The van der Waals surface area contributed by atoms with E-state index in [2.05, 4.69) is 81.9 Å². The molecule has 2 aliphatic rings. The van der Waals surface area contributed by atoms with Crippen molar-refractivity contribution in [3.63, 3.8) is 0 Å². The monoisotopic (exact) mass is 564 g/mol. The molecule has 6 rings (SSSR count). The quantitative estimate of drug-likeness (QED) is 0.180. The lowest BCUT2D eigenvalue weighted by molar-refractivity contribution is 0.284. The number of hydrogen-bond acceptors (Lipinski definition) is 4. The molecule has 0 aromatic heterocycles. The molecule has 0 saturated heterocycles. The number of nitrogens with zero attached hydrogens (tertiary/aromatic N) is 1. The van der Waals surface area contributed by atoms with Crippen LogP contribution in [0.1, 0.15) is 40.6 Å². The van der Waals surface area contributed by atoms with Gasteiger partial charge in [0, 0.05) is 22.3 Å². The molecule has 0 bridgehead atoms. The van der Waals surface area contributed by atoms with Gasteiger partial charge in [0.05, 0.1) is 18.8 Å². The van der Waals surface area contributed by atoms with Gasteiger partial charge in [-0.05, 0) is 83.1 Å². The molecule has 5 heteroatoms. The molecule has 4 aromatic carbocycles. The summed E-state index contributed by atoms with van der Waals surface area (Å²) in [5, 5.41) is 3.80. The van der Waals surface area contributed by atoms with Gasteiger partial charge in [0.15, 0.2) is 11.5 Å². The third kappa shape index (κ3) is 5.11. The molecule has 0 saturated carbocycles. The standard InChI is InChI=1S/C33H29BrN2O2/c1-37-32-19-23(11-18-31(32)38-21-22-9-14-25(34)15-10-22)20-35-26-16-12-24(13-17-26)33-29-7-4-6-27(29)28-5-2-3-8-30(28)36-33/h2-6,8-20,27,29,33,36H,7,21H2,1H3/t27-,29+,33-/m0/s1. The van der Waals surface area contributed by atoms with Crippen molar-refractivity contribution >= 4 is 33.5 Å². The van der Waals surface area contributed by atoms with Crippen LogP contribution in [0, 0.1) is 5.92 Å². The molecule has 1 aliphatic heterocycles. The average Bonchev–Trinajstić information content (AvgIpc) is 3.46. The number of methoxy groups -OCH3 is 1. The predicted molar refractivity (Wildman–Crippen MR) is 158 cm³/mol. The molecule has 190 valence electrons. The maximum atomic E-state index is 6.00. The molecule has 0 fully saturated rings. The topological polar surface area (TPSA) is 42.8 Å². The van der Waals surface area contributed by atoms with Gasteiger partial charge in [-0.15, -0.1) is 0 Å². The fourth-order valence-electron chi connectivity index (χ4n) is 5.42. The number of anilines is 1. The van der Waals surface area contributed by atoms with Crippen LogP contribution in [0.5, 0.6) is 11.5 Å². The van der Waals surface area contributed by atoms with Gasteiger partial charge in [0.2, 0.25) is 0 Å². The highest BCUT2D eigenvalue weighted by atomic mass is 79.9. The summed E-state index contributed by atoms with van der Waals surface area (Å²) in [5.74, 6) is 2.41. The van der Waals surface area contributed by atoms with E-state index in [4.69, 9.17) is 14.5 Å². The van der Waals surface area contributed by atoms with Gasteiger partial charge in [-0.1, -0.05) is 70.5 Å². The first-order valence-electron chi connectivity index (χ1n) is 12.9. The van der Waals surface area contributed by atoms with E-state index in [1.165, 1.54) is 16.8 Å². The molecule has 4 nitrogen and oxygen atoms in total. The Hall–Kier alpha value is -3.83. The van der Waals surface area contributed by atoms with Crippen LogP contribution < -0.4 is 14.8 Å². The second kappa shape index (κ2) is 10.9. The first-order valence-corrected chi connectivity index (χ1v) is 13.7. The molecule has 0 unspecified atom stereocenters. The lowest BCUT2D eigenvalue weighted by Crippen LogP contribution is -2.28. The van der Waals surface area contributed by atoms with E-state index >= 15 is 0 Å². The van der Waals surface area contributed by atoms with Gasteiger partial charge < -0.3 is 14.8 Å². The van der Waals surface area contributed by atoms with Crippen molar-refractivity contribution in [2.24, 2.45) is 10.9 Å². The smallest absolute Gasteiger partial charge is 0.161 e. The summed E-state index contributed by atoms with van der Waals surface area (Å²) in [4.78, 5) is 4.71. The minimum absolute atomic E-state index is 0.289. The number of nitrogens with one attached hydrogen (secondary N) is 1. The number of rotatable bonds is 7. The second-order valence-corrected chi connectivity index (χ2v) is 10.7. The Morgan fingerprint density at radius 3 is 2.58 bits per heavy atom. The molecule has 3 atom stereocenters. The Labute approximate surface area is 232 Å². The van der Waals surface area contributed by atoms with E-state index in [1.54, 1.807) is 7.11 Å². The Kier molecular flexibility index (Phi) is 7.02. The van der Waals surface area contributed by atoms with Crippen LogP contribution in [-0.2, 0) is 6.61 Å². The SMILES string of the molecule is COc1cc(C=Nc2ccc([C@@H]3Nc4ccccc4[C@@H]4C=CC[C@H]43)cc2)ccc1OCc1ccc(Br)cc1. The minimum atomic E-state index is 0.289. The van der Waals surface area contributed by atoms with Crippen LogP contribution in [0.25, 0.3) is 0 Å². The zero-order valence-corrected chi connectivity index (χ0v) is 22.8. The number of para-hydroxylation sites is 1. The fraction of sp³-hybridized carbons (Fsp3) is 0.182. The Morgan fingerprint density at radius 1 is 0.947 bits per heavy atom. The van der Waals surface area contributed by atoms with Gasteiger partial charge in [0.25, 0.3) is 0 Å². The molecular weight excluding hydrogens is 536 g/mol. The van der Waals surface area contributed by atoms with E-state index < -0.39 is 0 Å². The molecule has 4 aromatic rings. The lowest BCUT2D eigenvalue weighted by atomic mass is 9.77. The number of allylic oxidation sites excluding steroid dienone is 2. The normalized spacial score (nSPS) is 19.6. The van der Waals surface area contributed by atoms with Crippen molar-refractivity contribution in [1.82, 2.24) is 0 Å². The molecule has 1 N–H and O–H groups in total.